The van der Waals surface area contributed by atoms with Gasteiger partial charge in [-0.3, -0.25) is 9.10 Å². The van der Waals surface area contributed by atoms with E-state index < -0.39 is 31.8 Å². The molecule has 1 N–H and O–H groups in total. The van der Waals surface area contributed by atoms with Crippen molar-refractivity contribution >= 4 is 37.3 Å². The van der Waals surface area contributed by atoms with Crippen LogP contribution in [-0.2, 0) is 31.3 Å². The third-order valence-corrected chi connectivity index (χ3v) is 8.86. The van der Waals surface area contributed by atoms with Crippen molar-refractivity contribution in [1.29, 1.82) is 0 Å². The molecule has 0 unspecified atom stereocenters. The first-order valence-electron chi connectivity index (χ1n) is 11.4. The maximum Gasteiger partial charge on any atom is 0.255 e. The van der Waals surface area contributed by atoms with Crippen molar-refractivity contribution < 1.29 is 30.8 Å². The summed E-state index contributed by atoms with van der Waals surface area (Å²) in [5.74, 6) is -0.980. The predicted octanol–water partition coefficient (Wildman–Crippen LogP) is 3.07. The molecule has 0 aliphatic carbocycles. The number of sulfonamides is 2. The molecule has 1 fully saturated rings. The number of hydrogen-bond donors (Lipinski definition) is 1. The highest BCUT2D eigenvalue weighted by atomic mass is 32.2. The fourth-order valence-electron chi connectivity index (χ4n) is 3.81. The molecule has 196 valence electrons. The van der Waals surface area contributed by atoms with Crippen molar-refractivity contribution in [2.45, 2.75) is 11.4 Å². The van der Waals surface area contributed by atoms with Crippen molar-refractivity contribution in [2.75, 3.05) is 42.2 Å². The summed E-state index contributed by atoms with van der Waals surface area (Å²) in [4.78, 5) is 12.8. The summed E-state index contributed by atoms with van der Waals surface area (Å²) >= 11 is 0. The molecule has 0 saturated carbocycles. The molecule has 1 aliphatic heterocycles. The molecule has 3 aromatic rings. The zero-order valence-electron chi connectivity index (χ0n) is 20.0. The molecule has 0 atom stereocenters. The van der Waals surface area contributed by atoms with Crippen LogP contribution in [0.1, 0.15) is 15.9 Å². The van der Waals surface area contributed by atoms with Crippen molar-refractivity contribution in [3.63, 3.8) is 0 Å². The quantitative estimate of drug-likeness (QED) is 0.464. The number of amides is 1. The molecular weight excluding hydrogens is 521 g/mol. The summed E-state index contributed by atoms with van der Waals surface area (Å²) in [6, 6.07) is 17.6. The molecule has 1 amide bonds. The molecule has 0 aromatic heterocycles. The zero-order chi connectivity index (χ0) is 26.6. The van der Waals surface area contributed by atoms with Gasteiger partial charge in [-0.25, -0.2) is 21.2 Å². The average molecular weight is 548 g/mol. The highest BCUT2D eigenvalue weighted by Crippen LogP contribution is 2.24. The Morgan fingerprint density at radius 1 is 0.946 bits per heavy atom. The highest BCUT2D eigenvalue weighted by molar-refractivity contribution is 7.92. The number of nitrogens with zero attached hydrogens (tertiary/aromatic N) is 2. The smallest absolute Gasteiger partial charge is 0.255 e. The van der Waals surface area contributed by atoms with E-state index in [9.17, 15) is 26.0 Å². The van der Waals surface area contributed by atoms with E-state index in [-0.39, 0.29) is 41.3 Å². The van der Waals surface area contributed by atoms with Crippen LogP contribution in [0.15, 0.2) is 77.7 Å². The van der Waals surface area contributed by atoms with Crippen molar-refractivity contribution in [1.82, 2.24) is 4.31 Å². The first-order valence-corrected chi connectivity index (χ1v) is 14.6. The molecule has 4 rings (SSSR count). The van der Waals surface area contributed by atoms with E-state index in [1.54, 1.807) is 6.07 Å². The zero-order valence-corrected chi connectivity index (χ0v) is 21.6. The van der Waals surface area contributed by atoms with Crippen molar-refractivity contribution in [3.8, 4) is 0 Å². The number of hydrogen-bond acceptors (Lipinski definition) is 6. The third-order valence-electron chi connectivity index (χ3n) is 5.81. The highest BCUT2D eigenvalue weighted by Gasteiger charge is 2.26. The average Bonchev–Trinajstić information content (AvgIpc) is 2.88. The largest absolute Gasteiger partial charge is 0.379 e. The van der Waals surface area contributed by atoms with Gasteiger partial charge < -0.3 is 10.1 Å². The van der Waals surface area contributed by atoms with Crippen LogP contribution in [0.5, 0.6) is 0 Å². The van der Waals surface area contributed by atoms with E-state index in [2.05, 4.69) is 5.32 Å². The summed E-state index contributed by atoms with van der Waals surface area (Å²) in [5.41, 5.74) is 1.15. The number of benzene rings is 3. The number of nitrogens with one attached hydrogen (secondary N) is 1. The van der Waals surface area contributed by atoms with Gasteiger partial charge in [-0.2, -0.15) is 4.31 Å². The van der Waals surface area contributed by atoms with Gasteiger partial charge in [-0.15, -0.1) is 0 Å². The topological polar surface area (TPSA) is 113 Å². The Morgan fingerprint density at radius 3 is 2.16 bits per heavy atom. The minimum absolute atomic E-state index is 0.118. The molecule has 1 aliphatic rings. The number of anilines is 2. The number of ether oxygens (including phenoxy) is 1. The monoisotopic (exact) mass is 547 g/mol. The Bertz CT molecular complexity index is 1470. The number of halogens is 1. The maximum absolute atomic E-state index is 14.1. The third kappa shape index (κ3) is 6.34. The van der Waals surface area contributed by atoms with Crippen LogP contribution in [0.3, 0.4) is 0 Å². The normalized spacial score (nSPS) is 14.8. The summed E-state index contributed by atoms with van der Waals surface area (Å²) < 4.78 is 72.0. The van der Waals surface area contributed by atoms with Gasteiger partial charge in [0.25, 0.3) is 5.91 Å². The molecule has 12 heteroatoms. The molecule has 0 bridgehead atoms. The van der Waals surface area contributed by atoms with Crippen LogP contribution in [0, 0.1) is 5.82 Å². The van der Waals surface area contributed by atoms with Gasteiger partial charge in [0.05, 0.1) is 36.6 Å². The Labute approximate surface area is 215 Å². The van der Waals surface area contributed by atoms with Crippen molar-refractivity contribution in [2.24, 2.45) is 0 Å². The second-order valence-electron chi connectivity index (χ2n) is 8.40. The molecule has 0 radical (unpaired) electrons. The predicted molar refractivity (Wildman–Crippen MR) is 138 cm³/mol. The minimum atomic E-state index is -3.73. The van der Waals surface area contributed by atoms with Crippen LogP contribution >= 0.6 is 0 Å². The van der Waals surface area contributed by atoms with E-state index in [0.29, 0.717) is 18.9 Å². The van der Waals surface area contributed by atoms with Gasteiger partial charge in [0.15, 0.2) is 0 Å². The molecule has 9 nitrogen and oxygen atoms in total. The maximum atomic E-state index is 14.1. The fraction of sp³-hybridized carbons (Fsp3) is 0.240. The van der Waals surface area contributed by atoms with Gasteiger partial charge >= 0.3 is 0 Å². The van der Waals surface area contributed by atoms with Crippen molar-refractivity contribution in [3.05, 3.63) is 89.7 Å². The number of morpholine rings is 1. The lowest BCUT2D eigenvalue weighted by atomic mass is 10.1. The second-order valence-corrected chi connectivity index (χ2v) is 12.2. The van der Waals surface area contributed by atoms with Gasteiger partial charge in [0.2, 0.25) is 20.0 Å². The molecule has 3 aromatic carbocycles. The van der Waals surface area contributed by atoms with Crippen LogP contribution in [0.25, 0.3) is 0 Å². The van der Waals surface area contributed by atoms with E-state index >= 15 is 0 Å². The lowest BCUT2D eigenvalue weighted by molar-refractivity contribution is 0.0730. The lowest BCUT2D eigenvalue weighted by Crippen LogP contribution is -2.40. The summed E-state index contributed by atoms with van der Waals surface area (Å²) in [5, 5.41) is 2.69. The van der Waals surface area contributed by atoms with Gasteiger partial charge in [-0.05, 0) is 54.6 Å². The molecule has 1 saturated heterocycles. The molecule has 1 heterocycles. The first kappa shape index (κ1) is 26.7. The number of carbonyl (C=O) groups is 1. The summed E-state index contributed by atoms with van der Waals surface area (Å²) in [6.45, 7) is 1.06. The molecule has 0 spiro atoms. The summed E-state index contributed by atoms with van der Waals surface area (Å²) in [7, 11) is -7.38. The Morgan fingerprint density at radius 2 is 1.57 bits per heavy atom. The van der Waals surface area contributed by atoms with Crippen LogP contribution in [-0.4, -0.2) is 59.6 Å². The van der Waals surface area contributed by atoms with E-state index in [0.717, 1.165) is 10.6 Å². The molecular formula is C25H26FN3O6S2. The van der Waals surface area contributed by atoms with E-state index in [4.69, 9.17) is 4.74 Å². The van der Waals surface area contributed by atoms with Gasteiger partial charge in [0, 0.05) is 29.9 Å². The summed E-state index contributed by atoms with van der Waals surface area (Å²) in [6.07, 6.45) is 1.03. The van der Waals surface area contributed by atoms with Gasteiger partial charge in [-0.1, -0.05) is 18.2 Å². The van der Waals surface area contributed by atoms with E-state index in [1.165, 1.54) is 71.0 Å². The van der Waals surface area contributed by atoms with E-state index in [1.807, 2.05) is 0 Å². The minimum Gasteiger partial charge on any atom is -0.379 e. The van der Waals surface area contributed by atoms with Gasteiger partial charge in [0.1, 0.15) is 5.82 Å². The Kier molecular flexibility index (Phi) is 7.93. The molecule has 37 heavy (non-hydrogen) atoms. The van der Waals surface area contributed by atoms with Crippen LogP contribution in [0.2, 0.25) is 0 Å². The Balaban J connectivity index is 1.46. The second kappa shape index (κ2) is 11.0. The Hall–Kier alpha value is -3.32. The standard InChI is InChI=1S/C25H26FN3O6S2/c1-36(31,32)29(18-20-4-2-3-5-24(20)26)22-10-6-19(7-11-22)25(30)27-21-8-12-23(13-9-21)37(33,34)28-14-16-35-17-15-28/h2-13H,14-18H2,1H3,(H,27,30). The lowest BCUT2D eigenvalue weighted by Gasteiger charge is -2.26. The number of rotatable bonds is 8. The SMILES string of the molecule is CS(=O)(=O)N(Cc1ccccc1F)c1ccc(C(=O)Nc2ccc(S(=O)(=O)N3CCOCC3)cc2)cc1. The first-order chi connectivity index (χ1) is 17.6. The fourth-order valence-corrected chi connectivity index (χ4v) is 6.10. The number of carbonyl (C=O) groups excluding carboxylic acids is 1. The van der Waals surface area contributed by atoms with Crippen LogP contribution in [0.4, 0.5) is 15.8 Å². The van der Waals surface area contributed by atoms with Crippen LogP contribution < -0.4 is 9.62 Å².